The summed E-state index contributed by atoms with van der Waals surface area (Å²) >= 11 is 0. The second kappa shape index (κ2) is 13.4. The molecule has 2 unspecified atom stereocenters. The molecular formula is C22H42IN5O4. The Morgan fingerprint density at radius 2 is 1.75 bits per heavy atom. The first-order chi connectivity index (χ1) is 14.6. The van der Waals surface area contributed by atoms with Gasteiger partial charge in [-0.1, -0.05) is 6.92 Å². The van der Waals surface area contributed by atoms with Crippen LogP contribution in [-0.4, -0.2) is 104 Å². The van der Waals surface area contributed by atoms with Crippen molar-refractivity contribution >= 4 is 42.0 Å². The number of rotatable bonds is 6. The van der Waals surface area contributed by atoms with Crippen molar-refractivity contribution in [1.82, 2.24) is 20.0 Å². The topological polar surface area (TPSA) is 86.7 Å². The van der Waals surface area contributed by atoms with Crippen molar-refractivity contribution in [3.63, 3.8) is 0 Å². The summed E-state index contributed by atoms with van der Waals surface area (Å²) in [5.74, 6) is 0.875. The second-order valence-electron chi connectivity index (χ2n) is 9.41. The van der Waals surface area contributed by atoms with Gasteiger partial charge in [-0.3, -0.25) is 14.7 Å². The Labute approximate surface area is 210 Å². The normalized spacial score (nSPS) is 22.4. The highest BCUT2D eigenvalue weighted by atomic mass is 127. The van der Waals surface area contributed by atoms with Crippen LogP contribution in [-0.2, 0) is 14.3 Å². The summed E-state index contributed by atoms with van der Waals surface area (Å²) in [5.41, 5.74) is -0.458. The lowest BCUT2D eigenvalue weighted by Crippen LogP contribution is -2.50. The molecule has 0 aromatic heterocycles. The van der Waals surface area contributed by atoms with Crippen molar-refractivity contribution in [2.75, 3.05) is 66.0 Å². The number of halogens is 1. The van der Waals surface area contributed by atoms with Gasteiger partial charge in [-0.25, -0.2) is 4.79 Å². The number of carbonyl (C=O) groups excluding carboxylic acids is 2. The average molecular weight is 568 g/mol. The van der Waals surface area contributed by atoms with Crippen molar-refractivity contribution < 1.29 is 19.1 Å². The number of piperazine rings is 1. The molecule has 1 amide bonds. The number of guanidine groups is 1. The quantitative estimate of drug-likeness (QED) is 0.173. The highest BCUT2D eigenvalue weighted by Gasteiger charge is 2.36. The van der Waals surface area contributed by atoms with E-state index in [0.29, 0.717) is 19.6 Å². The third-order valence-corrected chi connectivity index (χ3v) is 5.67. The third-order valence-electron chi connectivity index (χ3n) is 5.67. The summed E-state index contributed by atoms with van der Waals surface area (Å²) in [6.07, 6.45) is 0.725. The fourth-order valence-electron chi connectivity index (χ4n) is 3.98. The van der Waals surface area contributed by atoms with Crippen LogP contribution in [0.4, 0.5) is 4.79 Å². The first kappa shape index (κ1) is 28.7. The van der Waals surface area contributed by atoms with E-state index in [1.165, 1.54) is 7.11 Å². The van der Waals surface area contributed by atoms with Gasteiger partial charge in [0, 0.05) is 58.9 Å². The van der Waals surface area contributed by atoms with Crippen LogP contribution in [0, 0.1) is 11.8 Å². The largest absolute Gasteiger partial charge is 0.469 e. The Hall–Kier alpha value is -1.30. The Morgan fingerprint density at radius 1 is 1.09 bits per heavy atom. The molecule has 9 nitrogen and oxygen atoms in total. The van der Waals surface area contributed by atoms with Gasteiger partial charge in [-0.2, -0.15) is 0 Å². The molecular weight excluding hydrogens is 525 g/mol. The summed E-state index contributed by atoms with van der Waals surface area (Å²) < 4.78 is 10.4. The van der Waals surface area contributed by atoms with Gasteiger partial charge in [-0.15, -0.1) is 24.0 Å². The molecule has 2 heterocycles. The second-order valence-corrected chi connectivity index (χ2v) is 9.41. The molecule has 10 heteroatoms. The molecule has 0 saturated carbocycles. The monoisotopic (exact) mass is 567 g/mol. The first-order valence-electron chi connectivity index (χ1n) is 11.5. The van der Waals surface area contributed by atoms with E-state index in [4.69, 9.17) is 14.5 Å². The van der Waals surface area contributed by atoms with Gasteiger partial charge >= 0.3 is 12.1 Å². The SMILES string of the molecule is CCNC(=NCCCN1CCN(C(=O)OC(C)(C)C)CC1)N1CC(C)C(C(=O)OC)C1.I. The maximum Gasteiger partial charge on any atom is 0.410 e. The molecule has 2 aliphatic rings. The Kier molecular flexibility index (Phi) is 12.0. The summed E-state index contributed by atoms with van der Waals surface area (Å²) in [6, 6.07) is 0. The number of aliphatic imine (C=N–C) groups is 1. The van der Waals surface area contributed by atoms with E-state index < -0.39 is 5.60 Å². The van der Waals surface area contributed by atoms with Crippen molar-refractivity contribution in [3.8, 4) is 0 Å². The number of esters is 1. The van der Waals surface area contributed by atoms with Gasteiger partial charge in [0.15, 0.2) is 5.96 Å². The first-order valence-corrected chi connectivity index (χ1v) is 11.5. The standard InChI is InChI=1S/C22H41N5O4.HI/c1-7-23-20(27-15-17(2)18(16-27)19(28)30-6)24-9-8-10-25-11-13-26(14-12-25)21(29)31-22(3,4)5;/h17-18H,7-16H2,1-6H3,(H,23,24);1H. The number of nitrogens with zero attached hydrogens (tertiary/aromatic N) is 4. The molecule has 0 aromatic carbocycles. The van der Waals surface area contributed by atoms with Gasteiger partial charge in [0.25, 0.3) is 0 Å². The predicted molar refractivity (Wildman–Crippen MR) is 137 cm³/mol. The zero-order valence-corrected chi connectivity index (χ0v) is 22.9. The van der Waals surface area contributed by atoms with E-state index in [9.17, 15) is 9.59 Å². The molecule has 0 bridgehead atoms. The molecule has 32 heavy (non-hydrogen) atoms. The molecule has 0 radical (unpaired) electrons. The van der Waals surface area contributed by atoms with Crippen LogP contribution >= 0.6 is 24.0 Å². The molecule has 1 N–H and O–H groups in total. The van der Waals surface area contributed by atoms with Crippen molar-refractivity contribution in [2.24, 2.45) is 16.8 Å². The lowest BCUT2D eigenvalue weighted by Gasteiger charge is -2.35. The fourth-order valence-corrected chi connectivity index (χ4v) is 3.98. The smallest absolute Gasteiger partial charge is 0.410 e. The maximum atomic E-state index is 12.2. The number of ether oxygens (including phenoxy) is 2. The summed E-state index contributed by atoms with van der Waals surface area (Å²) in [5, 5.41) is 3.35. The average Bonchev–Trinajstić information content (AvgIpc) is 3.10. The Morgan fingerprint density at radius 3 is 2.31 bits per heavy atom. The van der Waals surface area contributed by atoms with Crippen molar-refractivity contribution in [1.29, 1.82) is 0 Å². The number of nitrogens with one attached hydrogen (secondary N) is 1. The number of likely N-dealkylation sites (tertiary alicyclic amines) is 1. The number of methoxy groups -OCH3 is 1. The lowest BCUT2D eigenvalue weighted by atomic mass is 9.99. The van der Waals surface area contributed by atoms with Gasteiger partial charge in [0.1, 0.15) is 5.60 Å². The molecule has 2 aliphatic heterocycles. The third kappa shape index (κ3) is 8.92. The highest BCUT2D eigenvalue weighted by molar-refractivity contribution is 14.0. The van der Waals surface area contributed by atoms with Gasteiger partial charge < -0.3 is 24.6 Å². The van der Waals surface area contributed by atoms with Crippen molar-refractivity contribution in [2.45, 2.75) is 46.6 Å². The van der Waals surface area contributed by atoms with Crippen LogP contribution in [0.3, 0.4) is 0 Å². The highest BCUT2D eigenvalue weighted by Crippen LogP contribution is 2.24. The van der Waals surface area contributed by atoms with E-state index in [-0.39, 0.29) is 47.9 Å². The molecule has 2 atom stereocenters. The van der Waals surface area contributed by atoms with Crippen LogP contribution < -0.4 is 5.32 Å². The number of amides is 1. The molecule has 2 saturated heterocycles. The van der Waals surface area contributed by atoms with E-state index >= 15 is 0 Å². The maximum absolute atomic E-state index is 12.2. The zero-order chi connectivity index (χ0) is 23.0. The zero-order valence-electron chi connectivity index (χ0n) is 20.6. The van der Waals surface area contributed by atoms with Gasteiger partial charge in [0.05, 0.1) is 13.0 Å². The van der Waals surface area contributed by atoms with E-state index in [1.807, 2.05) is 20.8 Å². The van der Waals surface area contributed by atoms with Crippen molar-refractivity contribution in [3.05, 3.63) is 0 Å². The molecule has 0 aliphatic carbocycles. The van der Waals surface area contributed by atoms with E-state index in [1.54, 1.807) is 4.90 Å². The van der Waals surface area contributed by atoms with Crippen LogP contribution in [0.1, 0.15) is 41.0 Å². The van der Waals surface area contributed by atoms with Crippen LogP contribution in [0.25, 0.3) is 0 Å². The minimum Gasteiger partial charge on any atom is -0.469 e. The lowest BCUT2D eigenvalue weighted by molar-refractivity contribution is -0.146. The molecule has 0 aromatic rings. The molecule has 186 valence electrons. The van der Waals surface area contributed by atoms with E-state index in [0.717, 1.165) is 51.6 Å². The Bertz CT molecular complexity index is 632. The minimum atomic E-state index is -0.458. The Balaban J connectivity index is 0.00000512. The van der Waals surface area contributed by atoms with Crippen LogP contribution in [0.15, 0.2) is 4.99 Å². The van der Waals surface area contributed by atoms with Crippen LogP contribution in [0.5, 0.6) is 0 Å². The van der Waals surface area contributed by atoms with Gasteiger partial charge in [-0.05, 0) is 40.0 Å². The predicted octanol–water partition coefficient (Wildman–Crippen LogP) is 2.25. The molecule has 0 spiro atoms. The molecule has 2 rings (SSSR count). The summed E-state index contributed by atoms with van der Waals surface area (Å²) in [7, 11) is 1.45. The molecule has 2 fully saturated rings. The summed E-state index contributed by atoms with van der Waals surface area (Å²) in [6.45, 7) is 16.8. The number of carbonyl (C=O) groups is 2. The number of hydrogen-bond donors (Lipinski definition) is 1. The fraction of sp³-hybridized carbons (Fsp3) is 0.864. The number of hydrogen-bond acceptors (Lipinski definition) is 6. The van der Waals surface area contributed by atoms with Gasteiger partial charge in [0.2, 0.25) is 0 Å². The minimum absolute atomic E-state index is 0. The van der Waals surface area contributed by atoms with E-state index in [2.05, 4.69) is 29.0 Å². The van der Waals surface area contributed by atoms with Crippen LogP contribution in [0.2, 0.25) is 0 Å². The summed E-state index contributed by atoms with van der Waals surface area (Å²) in [4.78, 5) is 35.3.